The van der Waals surface area contributed by atoms with Gasteiger partial charge >= 0.3 is 5.97 Å². The molecule has 1 aromatic heterocycles. The van der Waals surface area contributed by atoms with E-state index in [1.165, 1.54) is 11.0 Å². The van der Waals surface area contributed by atoms with Crippen molar-refractivity contribution >= 4 is 29.3 Å². The van der Waals surface area contributed by atoms with Crippen LogP contribution in [-0.4, -0.2) is 30.4 Å². The molecule has 0 aliphatic rings. The van der Waals surface area contributed by atoms with Crippen LogP contribution in [0.15, 0.2) is 47.2 Å². The first-order chi connectivity index (χ1) is 11.6. The highest BCUT2D eigenvalue weighted by Gasteiger charge is 2.11. The van der Waals surface area contributed by atoms with E-state index in [1.807, 2.05) is 22.9 Å². The molecule has 24 heavy (non-hydrogen) atoms. The second kappa shape index (κ2) is 8.65. The molecule has 0 spiro atoms. The van der Waals surface area contributed by atoms with E-state index in [0.29, 0.717) is 12.1 Å². The van der Waals surface area contributed by atoms with Crippen LogP contribution in [0.2, 0.25) is 0 Å². The average Bonchev–Trinajstić information content (AvgIpc) is 3.11. The molecule has 0 atom stereocenters. The molecule has 122 valence electrons. The highest BCUT2D eigenvalue weighted by molar-refractivity contribution is 7.07. The lowest BCUT2D eigenvalue weighted by atomic mass is 10.1. The zero-order valence-electron chi connectivity index (χ0n) is 13.1. The Morgan fingerprint density at radius 3 is 2.67 bits per heavy atom. The summed E-state index contributed by atoms with van der Waals surface area (Å²) in [7, 11) is 1.67. The third-order valence-electron chi connectivity index (χ3n) is 3.22. The predicted molar refractivity (Wildman–Crippen MR) is 91.9 cm³/mol. The number of ether oxygens (including phenoxy) is 1. The summed E-state index contributed by atoms with van der Waals surface area (Å²) in [5.74, 6) is -0.849. The van der Waals surface area contributed by atoms with Crippen LogP contribution in [0.4, 0.5) is 0 Å². The summed E-state index contributed by atoms with van der Waals surface area (Å²) in [4.78, 5) is 25.1. The van der Waals surface area contributed by atoms with Gasteiger partial charge in [0.1, 0.15) is 0 Å². The first-order valence-corrected chi connectivity index (χ1v) is 8.13. The summed E-state index contributed by atoms with van der Waals surface area (Å²) in [6.45, 7) is 0.193. The zero-order chi connectivity index (χ0) is 17.4. The lowest BCUT2D eigenvalue weighted by Crippen LogP contribution is -2.30. The molecule has 2 aromatic rings. The average molecular weight is 340 g/mol. The van der Waals surface area contributed by atoms with Gasteiger partial charge in [-0.1, -0.05) is 12.1 Å². The molecule has 2 rings (SSSR count). The monoisotopic (exact) mass is 340 g/mol. The van der Waals surface area contributed by atoms with Crippen molar-refractivity contribution in [2.45, 2.75) is 6.54 Å². The minimum atomic E-state index is -0.586. The first kappa shape index (κ1) is 17.4. The number of esters is 1. The van der Waals surface area contributed by atoms with Gasteiger partial charge in [-0.25, -0.2) is 4.79 Å². The summed E-state index contributed by atoms with van der Waals surface area (Å²) in [5.41, 5.74) is 2.36. The Hall–Kier alpha value is -2.91. The second-order valence-electron chi connectivity index (χ2n) is 5.06. The number of likely N-dealkylation sites (N-methyl/N-ethyl adjacent to an activating group) is 1. The van der Waals surface area contributed by atoms with Gasteiger partial charge < -0.3 is 9.64 Å². The van der Waals surface area contributed by atoms with Crippen LogP contribution in [0, 0.1) is 11.3 Å². The maximum absolute atomic E-state index is 11.9. The van der Waals surface area contributed by atoms with Gasteiger partial charge in [-0.2, -0.15) is 16.6 Å². The topological polar surface area (TPSA) is 70.4 Å². The smallest absolute Gasteiger partial charge is 0.331 e. The van der Waals surface area contributed by atoms with Crippen molar-refractivity contribution in [2.75, 3.05) is 13.7 Å². The molecule has 0 saturated carbocycles. The number of carbonyl (C=O) groups is 2. The van der Waals surface area contributed by atoms with Crippen molar-refractivity contribution in [3.05, 3.63) is 63.9 Å². The van der Waals surface area contributed by atoms with Crippen molar-refractivity contribution < 1.29 is 14.3 Å². The third-order valence-corrected chi connectivity index (χ3v) is 3.95. The van der Waals surface area contributed by atoms with Crippen LogP contribution in [0.5, 0.6) is 0 Å². The van der Waals surface area contributed by atoms with Crippen molar-refractivity contribution in [2.24, 2.45) is 0 Å². The molecule has 1 aromatic carbocycles. The summed E-state index contributed by atoms with van der Waals surface area (Å²) in [5, 5.41) is 12.6. The summed E-state index contributed by atoms with van der Waals surface area (Å²) in [6, 6.07) is 10.7. The Balaban J connectivity index is 1.78. The minimum absolute atomic E-state index is 0.263. The Morgan fingerprint density at radius 2 is 2.04 bits per heavy atom. The highest BCUT2D eigenvalue weighted by Crippen LogP contribution is 2.09. The Kier molecular flexibility index (Phi) is 6.29. The molecule has 0 unspecified atom stereocenters. The van der Waals surface area contributed by atoms with Crippen LogP contribution in [0.25, 0.3) is 6.08 Å². The van der Waals surface area contributed by atoms with Gasteiger partial charge in [0.15, 0.2) is 6.61 Å². The maximum atomic E-state index is 11.9. The van der Waals surface area contributed by atoms with Crippen molar-refractivity contribution in [1.29, 1.82) is 5.26 Å². The van der Waals surface area contributed by atoms with Crippen molar-refractivity contribution in [3.63, 3.8) is 0 Å². The number of nitrogens with zero attached hydrogens (tertiary/aromatic N) is 2. The van der Waals surface area contributed by atoms with E-state index in [1.54, 1.807) is 48.7 Å². The van der Waals surface area contributed by atoms with Crippen LogP contribution < -0.4 is 0 Å². The molecule has 0 fully saturated rings. The van der Waals surface area contributed by atoms with Crippen LogP contribution >= 0.6 is 11.3 Å². The molecule has 0 radical (unpaired) electrons. The fourth-order valence-corrected chi connectivity index (χ4v) is 2.53. The highest BCUT2D eigenvalue weighted by atomic mass is 32.1. The zero-order valence-corrected chi connectivity index (χ0v) is 14.0. The van der Waals surface area contributed by atoms with Gasteiger partial charge in [0.05, 0.1) is 11.6 Å². The van der Waals surface area contributed by atoms with Gasteiger partial charge in [0.2, 0.25) is 0 Å². The quantitative estimate of drug-likeness (QED) is 0.599. The number of nitriles is 1. The van der Waals surface area contributed by atoms with E-state index >= 15 is 0 Å². The van der Waals surface area contributed by atoms with Gasteiger partial charge in [0.25, 0.3) is 5.91 Å². The number of carbonyl (C=O) groups excluding carboxylic acids is 2. The molecule has 1 amide bonds. The summed E-state index contributed by atoms with van der Waals surface area (Å²) < 4.78 is 4.94. The normalized spacial score (nSPS) is 10.3. The standard InChI is InChI=1S/C18H16N2O3S/c1-20(11-16-8-9-24-13-16)17(21)12-23-18(22)7-6-14-2-4-15(10-19)5-3-14/h2-9,13H,11-12H2,1H3/b7-6+. The van der Waals surface area contributed by atoms with E-state index in [-0.39, 0.29) is 12.5 Å². The lowest BCUT2D eigenvalue weighted by molar-refractivity contribution is -0.147. The predicted octanol–water partition coefficient (Wildman–Crippen LogP) is 2.83. The molecular weight excluding hydrogens is 324 g/mol. The van der Waals surface area contributed by atoms with Crippen LogP contribution in [-0.2, 0) is 20.9 Å². The minimum Gasteiger partial charge on any atom is -0.452 e. The van der Waals surface area contributed by atoms with E-state index in [4.69, 9.17) is 10.00 Å². The number of rotatable bonds is 6. The molecule has 5 nitrogen and oxygen atoms in total. The molecular formula is C18H16N2O3S. The molecule has 0 aliphatic heterocycles. The number of thiophene rings is 1. The van der Waals surface area contributed by atoms with Crippen LogP contribution in [0.3, 0.4) is 0 Å². The Bertz CT molecular complexity index is 759. The fourth-order valence-electron chi connectivity index (χ4n) is 1.87. The molecule has 0 saturated heterocycles. The van der Waals surface area contributed by atoms with Gasteiger partial charge in [0, 0.05) is 19.7 Å². The van der Waals surface area contributed by atoms with Gasteiger partial charge in [-0.3, -0.25) is 4.79 Å². The van der Waals surface area contributed by atoms with E-state index in [2.05, 4.69) is 0 Å². The molecule has 1 heterocycles. The van der Waals surface area contributed by atoms with Crippen LogP contribution in [0.1, 0.15) is 16.7 Å². The summed E-state index contributed by atoms with van der Waals surface area (Å²) in [6.07, 6.45) is 2.83. The van der Waals surface area contributed by atoms with Gasteiger partial charge in [-0.05, 0) is 46.2 Å². The number of hydrogen-bond acceptors (Lipinski definition) is 5. The number of benzene rings is 1. The SMILES string of the molecule is CN(Cc1ccsc1)C(=O)COC(=O)/C=C/c1ccc(C#N)cc1. The molecule has 0 N–H and O–H groups in total. The summed E-state index contributed by atoms with van der Waals surface area (Å²) >= 11 is 1.57. The van der Waals surface area contributed by atoms with Gasteiger partial charge in [-0.15, -0.1) is 0 Å². The largest absolute Gasteiger partial charge is 0.452 e. The first-order valence-electron chi connectivity index (χ1n) is 7.18. The number of hydrogen-bond donors (Lipinski definition) is 0. The second-order valence-corrected chi connectivity index (χ2v) is 5.84. The van der Waals surface area contributed by atoms with E-state index < -0.39 is 5.97 Å². The molecule has 0 aliphatic carbocycles. The number of amides is 1. The lowest BCUT2D eigenvalue weighted by Gasteiger charge is -2.15. The third kappa shape index (κ3) is 5.38. The van der Waals surface area contributed by atoms with E-state index in [9.17, 15) is 9.59 Å². The van der Waals surface area contributed by atoms with Crippen molar-refractivity contribution in [3.8, 4) is 6.07 Å². The fraction of sp³-hybridized carbons (Fsp3) is 0.167. The Morgan fingerprint density at radius 1 is 1.29 bits per heavy atom. The molecule has 6 heteroatoms. The van der Waals surface area contributed by atoms with E-state index in [0.717, 1.165) is 11.1 Å². The molecule has 0 bridgehead atoms. The maximum Gasteiger partial charge on any atom is 0.331 e. The Labute approximate surface area is 144 Å². The van der Waals surface area contributed by atoms with Crippen molar-refractivity contribution in [1.82, 2.24) is 4.90 Å².